The fourth-order valence-corrected chi connectivity index (χ4v) is 3.03. The highest BCUT2D eigenvalue weighted by Gasteiger charge is 2.11. The van der Waals surface area contributed by atoms with Crippen LogP contribution < -0.4 is 0 Å². The number of carbonyl (C=O) groups excluding carboxylic acids is 2. The van der Waals surface area contributed by atoms with Gasteiger partial charge in [0.05, 0.1) is 6.61 Å². The number of hydrogen-bond acceptors (Lipinski definition) is 4. The van der Waals surface area contributed by atoms with Gasteiger partial charge in [-0.2, -0.15) is 0 Å². The minimum absolute atomic E-state index is 0.1000. The van der Waals surface area contributed by atoms with Crippen molar-refractivity contribution in [3.8, 4) is 11.1 Å². The molecule has 0 bridgehead atoms. The summed E-state index contributed by atoms with van der Waals surface area (Å²) in [7, 11) is 0. The van der Waals surface area contributed by atoms with E-state index >= 15 is 0 Å². The van der Waals surface area contributed by atoms with E-state index in [0.717, 1.165) is 28.3 Å². The molecule has 0 aliphatic rings. The maximum absolute atomic E-state index is 13.2. The Bertz CT molecular complexity index is 1110. The lowest BCUT2D eigenvalue weighted by atomic mass is 10.0. The van der Waals surface area contributed by atoms with Crippen LogP contribution in [0, 0.1) is 5.82 Å². The second-order valence-corrected chi connectivity index (χ2v) is 6.78. The molecule has 31 heavy (non-hydrogen) atoms. The van der Waals surface area contributed by atoms with E-state index < -0.39 is 17.5 Å². The molecule has 1 aromatic heterocycles. The van der Waals surface area contributed by atoms with Gasteiger partial charge in [-0.1, -0.05) is 42.5 Å². The Labute approximate surface area is 179 Å². The van der Waals surface area contributed by atoms with Crippen LogP contribution in [0.4, 0.5) is 4.39 Å². The molecule has 0 fully saturated rings. The molecule has 158 valence electrons. The lowest BCUT2D eigenvalue weighted by molar-refractivity contribution is -0.141. The Balaban J connectivity index is 1.87. The second kappa shape index (κ2) is 10.2. The number of ketones is 1. The van der Waals surface area contributed by atoms with Crippen LogP contribution in [-0.2, 0) is 20.9 Å². The molecule has 0 spiro atoms. The SMILES string of the molecule is CCOC(=O)/C(O)=C/C(=O)/C=C/c1cn(Cc2ccc(F)cc2)cc1-c1ccccc1. The molecule has 0 unspecified atom stereocenters. The van der Waals surface area contributed by atoms with Gasteiger partial charge >= 0.3 is 5.97 Å². The number of ether oxygens (including phenoxy) is 1. The van der Waals surface area contributed by atoms with Crippen LogP contribution in [0.25, 0.3) is 17.2 Å². The van der Waals surface area contributed by atoms with Crippen LogP contribution in [0.5, 0.6) is 0 Å². The number of aliphatic hydroxyl groups is 1. The van der Waals surface area contributed by atoms with Gasteiger partial charge in [0, 0.05) is 36.1 Å². The summed E-state index contributed by atoms with van der Waals surface area (Å²) in [6.45, 7) is 2.24. The van der Waals surface area contributed by atoms with Crippen molar-refractivity contribution in [3.05, 3.63) is 102 Å². The van der Waals surface area contributed by atoms with Crippen molar-refractivity contribution >= 4 is 17.8 Å². The first-order valence-corrected chi connectivity index (χ1v) is 9.75. The fraction of sp³-hybridized carbons (Fsp3) is 0.120. The standard InChI is InChI=1S/C25H22FNO4/c1-2-31-25(30)24(29)14-22(28)13-10-20-16-27(15-18-8-11-21(26)12-9-18)17-23(20)19-6-4-3-5-7-19/h3-14,16-17,29H,2,15H2,1H3/b13-10+,24-14-. The fourth-order valence-electron chi connectivity index (χ4n) is 3.03. The van der Waals surface area contributed by atoms with Crippen molar-refractivity contribution in [1.29, 1.82) is 0 Å². The summed E-state index contributed by atoms with van der Waals surface area (Å²) in [6, 6.07) is 16.0. The summed E-state index contributed by atoms with van der Waals surface area (Å²) in [5.74, 6) is -2.52. The largest absolute Gasteiger partial charge is 0.502 e. The predicted octanol–water partition coefficient (Wildman–Crippen LogP) is 4.93. The highest BCUT2D eigenvalue weighted by atomic mass is 19.1. The van der Waals surface area contributed by atoms with Crippen LogP contribution in [0.3, 0.4) is 0 Å². The summed E-state index contributed by atoms with van der Waals surface area (Å²) in [5, 5.41) is 9.64. The highest BCUT2D eigenvalue weighted by molar-refractivity contribution is 6.06. The van der Waals surface area contributed by atoms with Gasteiger partial charge in [0.1, 0.15) is 5.82 Å². The number of esters is 1. The van der Waals surface area contributed by atoms with E-state index in [9.17, 15) is 19.1 Å². The summed E-state index contributed by atoms with van der Waals surface area (Å²) < 4.78 is 19.8. The lowest BCUT2D eigenvalue weighted by Crippen LogP contribution is -2.08. The van der Waals surface area contributed by atoms with Crippen molar-refractivity contribution in [2.45, 2.75) is 13.5 Å². The van der Waals surface area contributed by atoms with Gasteiger partial charge in [-0.05, 0) is 42.3 Å². The minimum atomic E-state index is -0.945. The number of allylic oxidation sites excluding steroid dienone is 2. The van der Waals surface area contributed by atoms with Crippen LogP contribution in [0.1, 0.15) is 18.1 Å². The quantitative estimate of drug-likeness (QED) is 0.319. The third-order valence-electron chi connectivity index (χ3n) is 4.46. The first-order valence-electron chi connectivity index (χ1n) is 9.75. The van der Waals surface area contributed by atoms with Gasteiger partial charge in [0.15, 0.2) is 5.78 Å². The van der Waals surface area contributed by atoms with Crippen LogP contribution in [0.2, 0.25) is 0 Å². The van der Waals surface area contributed by atoms with E-state index in [1.54, 1.807) is 25.1 Å². The van der Waals surface area contributed by atoms with Gasteiger partial charge in [0.25, 0.3) is 0 Å². The molecule has 0 saturated heterocycles. The maximum atomic E-state index is 13.2. The van der Waals surface area contributed by atoms with E-state index in [4.69, 9.17) is 0 Å². The van der Waals surface area contributed by atoms with Crippen LogP contribution in [-0.4, -0.2) is 28.0 Å². The summed E-state index contributed by atoms with van der Waals surface area (Å²) in [4.78, 5) is 23.6. The summed E-state index contributed by atoms with van der Waals surface area (Å²) in [6.07, 6.45) is 7.56. The van der Waals surface area contributed by atoms with Crippen molar-refractivity contribution < 1.29 is 23.8 Å². The zero-order valence-electron chi connectivity index (χ0n) is 17.0. The summed E-state index contributed by atoms with van der Waals surface area (Å²) >= 11 is 0. The van der Waals surface area contributed by atoms with Crippen molar-refractivity contribution in [3.63, 3.8) is 0 Å². The molecular formula is C25H22FNO4. The first-order chi connectivity index (χ1) is 15.0. The summed E-state index contributed by atoms with van der Waals surface area (Å²) in [5.41, 5.74) is 3.60. The second-order valence-electron chi connectivity index (χ2n) is 6.78. The molecular weight excluding hydrogens is 397 g/mol. The van der Waals surface area contributed by atoms with Gasteiger partial charge < -0.3 is 14.4 Å². The molecule has 1 heterocycles. The van der Waals surface area contributed by atoms with Crippen molar-refractivity contribution in [1.82, 2.24) is 4.57 Å². The molecule has 3 rings (SSSR count). The average Bonchev–Trinajstić information content (AvgIpc) is 3.17. The molecule has 0 aliphatic heterocycles. The monoisotopic (exact) mass is 419 g/mol. The molecule has 5 nitrogen and oxygen atoms in total. The molecule has 1 N–H and O–H groups in total. The first kappa shape index (κ1) is 21.8. The van der Waals surface area contributed by atoms with E-state index in [0.29, 0.717) is 6.54 Å². The zero-order valence-corrected chi connectivity index (χ0v) is 17.0. The molecule has 0 amide bonds. The van der Waals surface area contributed by atoms with E-state index in [2.05, 4.69) is 4.74 Å². The minimum Gasteiger partial charge on any atom is -0.502 e. The Morgan fingerprint density at radius 1 is 1.06 bits per heavy atom. The Hall–Kier alpha value is -3.93. The van der Waals surface area contributed by atoms with E-state index in [1.165, 1.54) is 18.2 Å². The number of aromatic nitrogens is 1. The molecule has 0 atom stereocenters. The smallest absolute Gasteiger partial charge is 0.373 e. The number of nitrogens with zero attached hydrogens (tertiary/aromatic N) is 1. The highest BCUT2D eigenvalue weighted by Crippen LogP contribution is 2.26. The number of hydrogen-bond donors (Lipinski definition) is 1. The van der Waals surface area contributed by atoms with Crippen molar-refractivity contribution in [2.75, 3.05) is 6.61 Å². The maximum Gasteiger partial charge on any atom is 0.373 e. The molecule has 6 heteroatoms. The van der Waals surface area contributed by atoms with E-state index in [1.807, 2.05) is 47.3 Å². The molecule has 3 aromatic rings. The topological polar surface area (TPSA) is 68.5 Å². The van der Waals surface area contributed by atoms with Crippen LogP contribution >= 0.6 is 0 Å². The number of rotatable bonds is 8. The average molecular weight is 419 g/mol. The number of carbonyl (C=O) groups is 2. The Morgan fingerprint density at radius 3 is 2.45 bits per heavy atom. The number of benzene rings is 2. The van der Waals surface area contributed by atoms with Gasteiger partial charge in [-0.15, -0.1) is 0 Å². The van der Waals surface area contributed by atoms with Crippen LogP contribution in [0.15, 0.2) is 84.9 Å². The normalized spacial score (nSPS) is 11.6. The third-order valence-corrected chi connectivity index (χ3v) is 4.46. The molecule has 0 radical (unpaired) electrons. The lowest BCUT2D eigenvalue weighted by Gasteiger charge is -2.03. The van der Waals surface area contributed by atoms with Crippen molar-refractivity contribution in [2.24, 2.45) is 0 Å². The molecule has 0 aliphatic carbocycles. The van der Waals surface area contributed by atoms with Gasteiger partial charge in [-0.3, -0.25) is 4.79 Å². The molecule has 2 aromatic carbocycles. The number of halogens is 1. The van der Waals surface area contributed by atoms with Gasteiger partial charge in [0.2, 0.25) is 5.76 Å². The van der Waals surface area contributed by atoms with Gasteiger partial charge in [-0.25, -0.2) is 9.18 Å². The predicted molar refractivity (Wildman–Crippen MR) is 117 cm³/mol. The third kappa shape index (κ3) is 6.02. The zero-order chi connectivity index (χ0) is 22.2. The molecule has 0 saturated carbocycles. The number of aliphatic hydroxyl groups excluding tert-OH is 1. The Morgan fingerprint density at radius 2 is 1.77 bits per heavy atom. The van der Waals surface area contributed by atoms with E-state index in [-0.39, 0.29) is 12.4 Å². The Kier molecular flexibility index (Phi) is 7.17.